The highest BCUT2D eigenvalue weighted by Crippen LogP contribution is 2.39. The highest BCUT2D eigenvalue weighted by molar-refractivity contribution is 6.09. The number of carbonyl (C=O) groups excluding carboxylic acids is 1. The van der Waals surface area contributed by atoms with Crippen molar-refractivity contribution in [3.05, 3.63) is 108 Å². The first-order valence-corrected chi connectivity index (χ1v) is 9.24. The molecule has 0 saturated heterocycles. The van der Waals surface area contributed by atoms with Gasteiger partial charge in [0.2, 0.25) is 0 Å². The second kappa shape index (κ2) is 6.40. The number of nitrogens with zero attached hydrogens (tertiary/aromatic N) is 1. The standard InChI is InChI=1S/C25H19NO/c27-25-22-15-20-13-7-8-14-21(20)24(19-11-5-2-6-12-19)23(22)17-26(25)16-18-9-3-1-4-10-18/h1-15H,16-17H2. The molecular weight excluding hydrogens is 330 g/mol. The van der Waals surface area contributed by atoms with Crippen LogP contribution in [-0.2, 0) is 13.1 Å². The first kappa shape index (κ1) is 15.8. The molecule has 1 heterocycles. The second-order valence-electron chi connectivity index (χ2n) is 7.01. The summed E-state index contributed by atoms with van der Waals surface area (Å²) in [5.74, 6) is 0.122. The maximum atomic E-state index is 13.2. The zero-order valence-corrected chi connectivity index (χ0v) is 14.9. The highest BCUT2D eigenvalue weighted by Gasteiger charge is 2.31. The van der Waals surface area contributed by atoms with Crippen LogP contribution in [-0.4, -0.2) is 10.8 Å². The lowest BCUT2D eigenvalue weighted by molar-refractivity contribution is 0.0767. The molecule has 5 rings (SSSR count). The zero-order chi connectivity index (χ0) is 18.2. The number of benzene rings is 4. The fourth-order valence-electron chi connectivity index (χ4n) is 4.04. The Kier molecular flexibility index (Phi) is 3.75. The summed E-state index contributed by atoms with van der Waals surface area (Å²) in [5.41, 5.74) is 5.49. The molecule has 4 aromatic carbocycles. The minimum Gasteiger partial charge on any atom is -0.330 e. The van der Waals surface area contributed by atoms with E-state index in [1.165, 1.54) is 16.5 Å². The van der Waals surface area contributed by atoms with Crippen LogP contribution in [0.2, 0.25) is 0 Å². The van der Waals surface area contributed by atoms with Gasteiger partial charge in [-0.15, -0.1) is 0 Å². The molecule has 0 saturated carbocycles. The number of fused-ring (bicyclic) bond motifs is 2. The van der Waals surface area contributed by atoms with Crippen molar-refractivity contribution in [2.45, 2.75) is 13.1 Å². The van der Waals surface area contributed by atoms with Crippen molar-refractivity contribution in [3.63, 3.8) is 0 Å². The molecule has 0 bridgehead atoms. The molecular formula is C25H19NO. The quantitative estimate of drug-likeness (QED) is 0.467. The van der Waals surface area contributed by atoms with Gasteiger partial charge >= 0.3 is 0 Å². The Hall–Kier alpha value is -3.39. The van der Waals surface area contributed by atoms with Crippen molar-refractivity contribution in [2.75, 3.05) is 0 Å². The van der Waals surface area contributed by atoms with E-state index in [0.29, 0.717) is 13.1 Å². The van der Waals surface area contributed by atoms with Gasteiger partial charge in [-0.3, -0.25) is 4.79 Å². The molecule has 0 unspecified atom stereocenters. The van der Waals surface area contributed by atoms with Crippen LogP contribution in [0.15, 0.2) is 91.0 Å². The van der Waals surface area contributed by atoms with Gasteiger partial charge in [0.05, 0.1) is 0 Å². The van der Waals surface area contributed by atoms with Gasteiger partial charge in [-0.1, -0.05) is 84.9 Å². The number of carbonyl (C=O) groups is 1. The molecule has 0 radical (unpaired) electrons. The fraction of sp³-hybridized carbons (Fsp3) is 0.0800. The van der Waals surface area contributed by atoms with E-state index in [2.05, 4.69) is 60.7 Å². The molecule has 27 heavy (non-hydrogen) atoms. The van der Waals surface area contributed by atoms with Crippen LogP contribution in [0, 0.1) is 0 Å². The molecule has 2 heteroatoms. The van der Waals surface area contributed by atoms with E-state index in [9.17, 15) is 4.79 Å². The van der Waals surface area contributed by atoms with E-state index >= 15 is 0 Å². The summed E-state index contributed by atoms with van der Waals surface area (Å²) in [4.78, 5) is 15.1. The van der Waals surface area contributed by atoms with Gasteiger partial charge in [0, 0.05) is 18.7 Å². The average molecular weight is 349 g/mol. The lowest BCUT2D eigenvalue weighted by Gasteiger charge is -2.16. The van der Waals surface area contributed by atoms with Gasteiger partial charge in [-0.2, -0.15) is 0 Å². The van der Waals surface area contributed by atoms with Gasteiger partial charge in [-0.25, -0.2) is 0 Å². The molecule has 1 aliphatic rings. The van der Waals surface area contributed by atoms with Crippen LogP contribution < -0.4 is 0 Å². The van der Waals surface area contributed by atoms with Crippen LogP contribution in [0.4, 0.5) is 0 Å². The molecule has 0 fully saturated rings. The molecule has 130 valence electrons. The molecule has 0 aromatic heterocycles. The number of hydrogen-bond donors (Lipinski definition) is 0. The van der Waals surface area contributed by atoms with Crippen LogP contribution in [0.3, 0.4) is 0 Å². The van der Waals surface area contributed by atoms with Crippen molar-refractivity contribution in [2.24, 2.45) is 0 Å². The molecule has 0 atom stereocenters. The Balaban J connectivity index is 1.67. The highest BCUT2D eigenvalue weighted by atomic mass is 16.2. The summed E-state index contributed by atoms with van der Waals surface area (Å²) in [5, 5.41) is 2.32. The zero-order valence-electron chi connectivity index (χ0n) is 14.9. The van der Waals surface area contributed by atoms with Crippen molar-refractivity contribution >= 4 is 16.7 Å². The second-order valence-corrected chi connectivity index (χ2v) is 7.01. The van der Waals surface area contributed by atoms with Crippen LogP contribution in [0.1, 0.15) is 21.5 Å². The number of hydrogen-bond acceptors (Lipinski definition) is 1. The fourth-order valence-corrected chi connectivity index (χ4v) is 4.04. The molecule has 0 spiro atoms. The maximum absolute atomic E-state index is 13.2. The molecule has 1 amide bonds. The summed E-state index contributed by atoms with van der Waals surface area (Å²) in [6, 6.07) is 31.0. The lowest BCUT2D eigenvalue weighted by atomic mass is 9.91. The topological polar surface area (TPSA) is 20.3 Å². The first-order chi connectivity index (χ1) is 13.3. The van der Waals surface area contributed by atoms with Gasteiger partial charge < -0.3 is 4.90 Å². The smallest absolute Gasteiger partial charge is 0.254 e. The predicted octanol–water partition coefficient (Wildman–Crippen LogP) is 5.66. The lowest BCUT2D eigenvalue weighted by Crippen LogP contribution is -2.23. The largest absolute Gasteiger partial charge is 0.330 e. The van der Waals surface area contributed by atoms with Crippen molar-refractivity contribution in [1.29, 1.82) is 0 Å². The predicted molar refractivity (Wildman–Crippen MR) is 109 cm³/mol. The Morgan fingerprint density at radius 1 is 0.778 bits per heavy atom. The van der Waals surface area contributed by atoms with E-state index < -0.39 is 0 Å². The molecule has 2 nitrogen and oxygen atoms in total. The SMILES string of the molecule is O=C1c2cc3ccccc3c(-c3ccccc3)c2CN1Cc1ccccc1. The summed E-state index contributed by atoms with van der Waals surface area (Å²) < 4.78 is 0. The average Bonchev–Trinajstić information content (AvgIpc) is 3.03. The number of rotatable bonds is 3. The molecule has 0 aliphatic carbocycles. The minimum atomic E-state index is 0.122. The van der Waals surface area contributed by atoms with E-state index in [1.807, 2.05) is 35.2 Å². The third-order valence-electron chi connectivity index (χ3n) is 5.30. The van der Waals surface area contributed by atoms with Crippen molar-refractivity contribution in [1.82, 2.24) is 4.90 Å². The van der Waals surface area contributed by atoms with Crippen LogP contribution in [0.25, 0.3) is 21.9 Å². The molecule has 1 aliphatic heterocycles. The van der Waals surface area contributed by atoms with Crippen LogP contribution in [0.5, 0.6) is 0 Å². The van der Waals surface area contributed by atoms with Crippen molar-refractivity contribution in [3.8, 4) is 11.1 Å². The Morgan fingerprint density at radius 2 is 1.44 bits per heavy atom. The van der Waals surface area contributed by atoms with E-state index in [-0.39, 0.29) is 5.91 Å². The van der Waals surface area contributed by atoms with Gasteiger partial charge in [0.1, 0.15) is 0 Å². The van der Waals surface area contributed by atoms with E-state index in [0.717, 1.165) is 22.1 Å². The molecule has 4 aromatic rings. The first-order valence-electron chi connectivity index (χ1n) is 9.24. The Labute approximate surface area is 158 Å². The van der Waals surface area contributed by atoms with E-state index in [1.54, 1.807) is 0 Å². The van der Waals surface area contributed by atoms with Crippen LogP contribution >= 0.6 is 0 Å². The molecule has 0 N–H and O–H groups in total. The monoisotopic (exact) mass is 349 g/mol. The number of amides is 1. The summed E-state index contributed by atoms with van der Waals surface area (Å²) in [6.07, 6.45) is 0. The Morgan fingerprint density at radius 3 is 2.22 bits per heavy atom. The third-order valence-corrected chi connectivity index (χ3v) is 5.30. The maximum Gasteiger partial charge on any atom is 0.254 e. The van der Waals surface area contributed by atoms with E-state index in [4.69, 9.17) is 0 Å². The van der Waals surface area contributed by atoms with Crippen molar-refractivity contribution < 1.29 is 4.79 Å². The summed E-state index contributed by atoms with van der Waals surface area (Å²) in [7, 11) is 0. The summed E-state index contributed by atoms with van der Waals surface area (Å²) >= 11 is 0. The normalized spacial score (nSPS) is 13.2. The third kappa shape index (κ3) is 2.70. The summed E-state index contributed by atoms with van der Waals surface area (Å²) in [6.45, 7) is 1.29. The van der Waals surface area contributed by atoms with Gasteiger partial charge in [-0.05, 0) is 39.1 Å². The minimum absolute atomic E-state index is 0.122. The Bertz CT molecular complexity index is 1130. The van der Waals surface area contributed by atoms with Gasteiger partial charge in [0.15, 0.2) is 0 Å². The van der Waals surface area contributed by atoms with Gasteiger partial charge in [0.25, 0.3) is 5.91 Å².